The van der Waals surface area contributed by atoms with Crippen LogP contribution in [0.15, 0.2) is 18.2 Å². The molecule has 2 amide bonds. The number of aliphatic hydroxyl groups excluding tert-OH is 1. The van der Waals surface area contributed by atoms with E-state index in [-0.39, 0.29) is 12.6 Å². The van der Waals surface area contributed by atoms with Crippen LogP contribution in [-0.2, 0) is 12.8 Å². The highest BCUT2D eigenvalue weighted by atomic mass is 16.5. The number of nitrogens with one attached hydrogen (secondary N) is 2. The number of urea groups is 1. The van der Waals surface area contributed by atoms with Crippen molar-refractivity contribution in [2.24, 2.45) is 5.92 Å². The Labute approximate surface area is 131 Å². The van der Waals surface area contributed by atoms with E-state index >= 15 is 0 Å². The van der Waals surface area contributed by atoms with Gasteiger partial charge in [0.05, 0.1) is 18.8 Å². The van der Waals surface area contributed by atoms with Gasteiger partial charge in [-0.1, -0.05) is 12.1 Å². The zero-order valence-electron chi connectivity index (χ0n) is 13.0. The van der Waals surface area contributed by atoms with Crippen molar-refractivity contribution in [1.82, 2.24) is 10.6 Å². The van der Waals surface area contributed by atoms with Crippen LogP contribution in [0.25, 0.3) is 0 Å². The monoisotopic (exact) mass is 304 g/mol. The molecule has 1 atom stereocenters. The number of carbonyl (C=O) groups is 1. The molecule has 1 aromatic rings. The van der Waals surface area contributed by atoms with Crippen molar-refractivity contribution in [3.8, 4) is 5.75 Å². The Morgan fingerprint density at radius 1 is 1.45 bits per heavy atom. The second-order valence-corrected chi connectivity index (χ2v) is 6.52. The molecule has 3 N–H and O–H groups in total. The van der Waals surface area contributed by atoms with Crippen molar-refractivity contribution in [3.63, 3.8) is 0 Å². The van der Waals surface area contributed by atoms with Crippen molar-refractivity contribution in [1.29, 1.82) is 0 Å². The summed E-state index contributed by atoms with van der Waals surface area (Å²) >= 11 is 0. The minimum absolute atomic E-state index is 0.0179. The number of rotatable bonds is 6. The van der Waals surface area contributed by atoms with Crippen LogP contribution < -0.4 is 15.4 Å². The summed E-state index contributed by atoms with van der Waals surface area (Å²) in [7, 11) is 0. The third kappa shape index (κ3) is 3.35. The van der Waals surface area contributed by atoms with Gasteiger partial charge in [0, 0.05) is 13.0 Å². The van der Waals surface area contributed by atoms with Crippen molar-refractivity contribution in [2.45, 2.75) is 38.1 Å². The summed E-state index contributed by atoms with van der Waals surface area (Å²) in [6, 6.07) is 6.01. The number of ether oxygens (including phenoxy) is 1. The van der Waals surface area contributed by atoms with E-state index in [2.05, 4.69) is 16.7 Å². The number of fused-ring (bicyclic) bond motifs is 1. The summed E-state index contributed by atoms with van der Waals surface area (Å²) in [6.45, 7) is 3.23. The molecule has 1 aromatic carbocycles. The lowest BCUT2D eigenvalue weighted by Gasteiger charge is -2.28. The maximum Gasteiger partial charge on any atom is 0.315 e. The van der Waals surface area contributed by atoms with E-state index < -0.39 is 5.54 Å². The van der Waals surface area contributed by atoms with Crippen LogP contribution in [0.1, 0.15) is 30.9 Å². The predicted octanol–water partition coefficient (Wildman–Crippen LogP) is 1.62. The van der Waals surface area contributed by atoms with E-state index in [1.165, 1.54) is 11.1 Å². The standard InChI is InChI=1S/C17H24N2O3/c1-17(11-20,14-3-4-14)19-16(21)18-8-6-12-2-5-15-13(10-12)7-9-22-15/h2,5,10,14,20H,3-4,6-9,11H2,1H3,(H2,18,19,21)/t17-/m1/s1. The summed E-state index contributed by atoms with van der Waals surface area (Å²) in [4.78, 5) is 12.0. The average molecular weight is 304 g/mol. The van der Waals surface area contributed by atoms with Crippen LogP contribution in [0.5, 0.6) is 5.75 Å². The molecule has 5 heteroatoms. The largest absolute Gasteiger partial charge is 0.493 e. The van der Waals surface area contributed by atoms with Gasteiger partial charge in [-0.2, -0.15) is 0 Å². The minimum atomic E-state index is -0.491. The van der Waals surface area contributed by atoms with E-state index in [0.29, 0.717) is 12.5 Å². The fourth-order valence-corrected chi connectivity index (χ4v) is 3.01. The first-order valence-electron chi connectivity index (χ1n) is 8.02. The Balaban J connectivity index is 1.45. The second-order valence-electron chi connectivity index (χ2n) is 6.52. The number of carbonyl (C=O) groups excluding carboxylic acids is 1. The highest BCUT2D eigenvalue weighted by Crippen LogP contribution is 2.39. The molecule has 1 aliphatic heterocycles. The van der Waals surface area contributed by atoms with Crippen molar-refractivity contribution < 1.29 is 14.6 Å². The summed E-state index contributed by atoms with van der Waals surface area (Å²) < 4.78 is 5.49. The molecule has 2 aliphatic rings. The lowest BCUT2D eigenvalue weighted by molar-refractivity contribution is 0.155. The van der Waals surface area contributed by atoms with E-state index in [1.807, 2.05) is 19.1 Å². The van der Waals surface area contributed by atoms with Gasteiger partial charge in [0.25, 0.3) is 0 Å². The molecule has 0 spiro atoms. The van der Waals surface area contributed by atoms with Crippen molar-refractivity contribution in [2.75, 3.05) is 19.8 Å². The molecule has 120 valence electrons. The Morgan fingerprint density at radius 2 is 2.27 bits per heavy atom. The molecule has 5 nitrogen and oxygen atoms in total. The number of hydrogen-bond donors (Lipinski definition) is 3. The molecule has 1 fully saturated rings. The van der Waals surface area contributed by atoms with E-state index in [1.54, 1.807) is 0 Å². The molecular formula is C17H24N2O3. The van der Waals surface area contributed by atoms with Gasteiger partial charge in [0.2, 0.25) is 0 Å². The van der Waals surface area contributed by atoms with Gasteiger partial charge in [0.15, 0.2) is 0 Å². The van der Waals surface area contributed by atoms with Crippen LogP contribution in [0.3, 0.4) is 0 Å². The number of aliphatic hydroxyl groups is 1. The molecule has 0 aromatic heterocycles. The molecule has 1 saturated carbocycles. The Kier molecular flexibility index (Phi) is 4.25. The highest BCUT2D eigenvalue weighted by Gasteiger charge is 2.42. The van der Waals surface area contributed by atoms with E-state index in [4.69, 9.17) is 4.74 Å². The van der Waals surface area contributed by atoms with E-state index in [0.717, 1.165) is 38.0 Å². The molecule has 1 heterocycles. The van der Waals surface area contributed by atoms with Gasteiger partial charge in [-0.15, -0.1) is 0 Å². The van der Waals surface area contributed by atoms with Crippen LogP contribution in [0, 0.1) is 5.92 Å². The highest BCUT2D eigenvalue weighted by molar-refractivity contribution is 5.74. The molecule has 0 saturated heterocycles. The summed E-state index contributed by atoms with van der Waals surface area (Å²) in [5, 5.41) is 15.3. The van der Waals surface area contributed by atoms with Crippen LogP contribution in [0.2, 0.25) is 0 Å². The summed E-state index contributed by atoms with van der Waals surface area (Å²) in [6.07, 6.45) is 3.91. The fourth-order valence-electron chi connectivity index (χ4n) is 3.01. The third-order valence-corrected chi connectivity index (χ3v) is 4.66. The molecule has 1 aliphatic carbocycles. The zero-order chi connectivity index (χ0) is 15.6. The van der Waals surface area contributed by atoms with Crippen molar-refractivity contribution in [3.05, 3.63) is 29.3 Å². The molecule has 22 heavy (non-hydrogen) atoms. The predicted molar refractivity (Wildman–Crippen MR) is 84.1 cm³/mol. The Bertz CT molecular complexity index is 557. The lowest BCUT2D eigenvalue weighted by Crippen LogP contribution is -2.54. The van der Waals surface area contributed by atoms with Crippen LogP contribution >= 0.6 is 0 Å². The molecule has 0 unspecified atom stereocenters. The molecule has 3 rings (SSSR count). The van der Waals surface area contributed by atoms with E-state index in [9.17, 15) is 9.90 Å². The molecule has 0 radical (unpaired) electrons. The first-order chi connectivity index (χ1) is 10.6. The smallest absolute Gasteiger partial charge is 0.315 e. The maximum atomic E-state index is 12.0. The number of benzene rings is 1. The normalized spacial score (nSPS) is 19.0. The summed E-state index contributed by atoms with van der Waals surface area (Å²) in [5.41, 5.74) is 1.97. The fraction of sp³-hybridized carbons (Fsp3) is 0.588. The SMILES string of the molecule is C[C@](CO)(NC(=O)NCCc1ccc2c(c1)CCO2)C1CC1. The Morgan fingerprint density at radius 3 is 3.00 bits per heavy atom. The first kappa shape index (κ1) is 15.2. The van der Waals surface area contributed by atoms with Gasteiger partial charge >= 0.3 is 6.03 Å². The number of amides is 2. The number of hydrogen-bond acceptors (Lipinski definition) is 3. The molecular weight excluding hydrogens is 280 g/mol. The average Bonchev–Trinajstić information content (AvgIpc) is 3.26. The topological polar surface area (TPSA) is 70.6 Å². The first-order valence-corrected chi connectivity index (χ1v) is 8.02. The Hall–Kier alpha value is -1.75. The van der Waals surface area contributed by atoms with Gasteiger partial charge in [-0.3, -0.25) is 0 Å². The molecule has 0 bridgehead atoms. The second kappa shape index (κ2) is 6.16. The van der Waals surface area contributed by atoms with Gasteiger partial charge < -0.3 is 20.5 Å². The van der Waals surface area contributed by atoms with Crippen LogP contribution in [-0.4, -0.2) is 36.4 Å². The van der Waals surface area contributed by atoms with Gasteiger partial charge in [0.1, 0.15) is 5.75 Å². The van der Waals surface area contributed by atoms with Crippen LogP contribution in [0.4, 0.5) is 4.79 Å². The maximum absolute atomic E-state index is 12.0. The van der Waals surface area contributed by atoms with Gasteiger partial charge in [-0.25, -0.2) is 4.79 Å². The zero-order valence-corrected chi connectivity index (χ0v) is 13.0. The van der Waals surface area contributed by atoms with Gasteiger partial charge in [-0.05, 0) is 49.3 Å². The quantitative estimate of drug-likeness (QED) is 0.748. The third-order valence-electron chi connectivity index (χ3n) is 4.66. The summed E-state index contributed by atoms with van der Waals surface area (Å²) in [5.74, 6) is 1.39. The lowest BCUT2D eigenvalue weighted by atomic mass is 9.97. The van der Waals surface area contributed by atoms with Crippen molar-refractivity contribution >= 4 is 6.03 Å². The minimum Gasteiger partial charge on any atom is -0.493 e.